The van der Waals surface area contributed by atoms with Crippen LogP contribution in [0.5, 0.6) is 5.75 Å². The topological polar surface area (TPSA) is 55.7 Å². The Morgan fingerprint density at radius 3 is 2.14 bits per heavy atom. The van der Waals surface area contributed by atoms with Gasteiger partial charge in [0.2, 0.25) is 5.91 Å². The van der Waals surface area contributed by atoms with Gasteiger partial charge in [-0.2, -0.15) is 0 Å². The van der Waals surface area contributed by atoms with E-state index in [9.17, 15) is 4.79 Å². The Morgan fingerprint density at radius 1 is 0.857 bits per heavy atom. The molecule has 0 fully saturated rings. The molecule has 6 nitrogen and oxygen atoms in total. The normalized spacial score (nSPS) is 11.6. The molecule has 42 heavy (non-hydrogen) atoms. The Kier molecular flexibility index (Phi) is 15.5. The average molecular weight is 684 g/mol. The maximum atomic E-state index is 12.7. The van der Waals surface area contributed by atoms with Crippen molar-refractivity contribution in [1.82, 2.24) is 14.8 Å². The van der Waals surface area contributed by atoms with Gasteiger partial charge in [0.15, 0.2) is 0 Å². The number of rotatable bonds is 16. The lowest BCUT2D eigenvalue weighted by Crippen LogP contribution is -2.45. The van der Waals surface area contributed by atoms with E-state index in [2.05, 4.69) is 67.7 Å². The fraction of sp³-hybridized carbons (Fsp3) is 0.400. The first-order valence-corrected chi connectivity index (χ1v) is 15.8. The highest BCUT2D eigenvalue weighted by atomic mass is 127. The number of carbonyl (C=O) groups is 1. The monoisotopic (exact) mass is 683 g/mol. The van der Waals surface area contributed by atoms with Crippen molar-refractivity contribution in [2.75, 3.05) is 27.7 Å². The van der Waals surface area contributed by atoms with Crippen molar-refractivity contribution in [3.8, 4) is 5.75 Å². The van der Waals surface area contributed by atoms with E-state index in [1.807, 2.05) is 55.4 Å². The number of unbranched alkanes of at least 4 members (excludes halogenated alkanes) is 5. The number of halogens is 1. The molecule has 1 unspecified atom stereocenters. The fourth-order valence-electron chi connectivity index (χ4n) is 4.99. The second-order valence-electron chi connectivity index (χ2n) is 10.7. The van der Waals surface area contributed by atoms with Gasteiger partial charge in [-0.05, 0) is 68.8 Å². The molecule has 0 spiro atoms. The van der Waals surface area contributed by atoms with Crippen molar-refractivity contribution in [3.05, 3.63) is 102 Å². The molecule has 0 aliphatic carbocycles. The lowest BCUT2D eigenvalue weighted by molar-refractivity contribution is -0.125. The molecule has 226 valence electrons. The van der Waals surface area contributed by atoms with Crippen molar-refractivity contribution in [2.45, 2.75) is 64.1 Å². The molecule has 0 bridgehead atoms. The molecule has 1 aromatic heterocycles. The summed E-state index contributed by atoms with van der Waals surface area (Å²) < 4.78 is 12.6. The molecule has 7 heteroatoms. The Morgan fingerprint density at radius 2 is 1.48 bits per heavy atom. The van der Waals surface area contributed by atoms with Gasteiger partial charge < -0.3 is 17.7 Å². The number of hydrogen-bond donors (Lipinski definition) is 1. The highest BCUT2D eigenvalue weighted by Crippen LogP contribution is 2.23. The first kappa shape index (κ1) is 33.6. The van der Waals surface area contributed by atoms with E-state index in [0.29, 0.717) is 6.61 Å². The van der Waals surface area contributed by atoms with Gasteiger partial charge in [-0.15, -0.1) is 0 Å². The van der Waals surface area contributed by atoms with Crippen molar-refractivity contribution in [3.63, 3.8) is 0 Å². The van der Waals surface area contributed by atoms with Crippen LogP contribution in [-0.2, 0) is 27.4 Å². The number of fused-ring (bicyclic) bond motifs is 1. The van der Waals surface area contributed by atoms with Gasteiger partial charge in [0.1, 0.15) is 35.4 Å². The van der Waals surface area contributed by atoms with E-state index in [1.54, 1.807) is 30.1 Å². The number of amides is 1. The number of ether oxygens (including phenoxy) is 1. The van der Waals surface area contributed by atoms with Gasteiger partial charge in [-0.25, -0.2) is 0 Å². The molecule has 1 N–H and O–H groups in total. The summed E-state index contributed by atoms with van der Waals surface area (Å²) in [5, 5.41) is 4.37. The van der Waals surface area contributed by atoms with Crippen LogP contribution in [-0.4, -0.2) is 49.2 Å². The number of aromatic nitrogens is 1. The summed E-state index contributed by atoms with van der Waals surface area (Å²) in [5.41, 5.74) is 3.63. The number of nitrogens with one attached hydrogen (secondary N) is 1. The lowest BCUT2D eigenvalue weighted by atomic mass is 10.0. The predicted octanol–water partition coefficient (Wildman–Crippen LogP) is 7.83. The van der Waals surface area contributed by atoms with Crippen molar-refractivity contribution in [2.24, 2.45) is 0 Å². The van der Waals surface area contributed by atoms with Crippen LogP contribution in [0.3, 0.4) is 0 Å². The molecular formula is C35H46IN3O3. The number of nitrogens with zero attached hydrogens (tertiary/aromatic N) is 2. The Hall–Kier alpha value is -2.88. The molecule has 4 aromatic rings. The zero-order chi connectivity index (χ0) is 30.0. The van der Waals surface area contributed by atoms with Crippen molar-refractivity contribution < 1.29 is 12.6 Å². The molecule has 0 radical (unpaired) electrons. The standard InChI is InChI=1S/C34H43N3O2.CH3IO/c1-36(2)33(25-28-15-9-7-10-16-28)34(38)35-22-13-5-3-4-6-14-23-37-24-21-30-26-31(19-20-32(30)37)39-27-29-17-11-8-12-18-29;1-3-2/h7-12,15-21,24,26,33H,3-6,13-14,22-23,25,27H2,1-2H3,(H,35,38);1H3. The lowest BCUT2D eigenvalue weighted by Gasteiger charge is -2.23. The van der Waals surface area contributed by atoms with E-state index >= 15 is 0 Å². The van der Waals surface area contributed by atoms with Crippen LogP contribution < -0.4 is 10.1 Å². The average Bonchev–Trinajstić information content (AvgIpc) is 3.41. The van der Waals surface area contributed by atoms with Gasteiger partial charge in [0.05, 0.1) is 6.04 Å². The number of likely N-dealkylation sites (N-methyl/N-ethyl adjacent to an activating group) is 1. The summed E-state index contributed by atoms with van der Waals surface area (Å²) in [5.74, 6) is 1.03. The van der Waals surface area contributed by atoms with Crippen molar-refractivity contribution in [1.29, 1.82) is 0 Å². The van der Waals surface area contributed by atoms with Gasteiger partial charge >= 0.3 is 0 Å². The van der Waals surface area contributed by atoms with E-state index in [-0.39, 0.29) is 11.9 Å². The third-order valence-electron chi connectivity index (χ3n) is 7.31. The van der Waals surface area contributed by atoms with Crippen molar-refractivity contribution >= 4 is 39.8 Å². The molecule has 0 saturated carbocycles. The van der Waals surface area contributed by atoms with E-state index in [1.165, 1.54) is 47.7 Å². The molecule has 1 atom stereocenters. The third kappa shape index (κ3) is 11.8. The van der Waals surface area contributed by atoms with E-state index < -0.39 is 0 Å². The van der Waals surface area contributed by atoms with Gasteiger partial charge in [-0.3, -0.25) is 9.69 Å². The number of aryl methyl sites for hydroxylation is 1. The molecule has 0 saturated heterocycles. The maximum absolute atomic E-state index is 12.7. The number of carbonyl (C=O) groups excluding carboxylic acids is 1. The highest BCUT2D eigenvalue weighted by Gasteiger charge is 2.20. The quantitative estimate of drug-likeness (QED) is 0.0967. The fourth-order valence-corrected chi connectivity index (χ4v) is 4.99. The summed E-state index contributed by atoms with van der Waals surface area (Å²) in [7, 11) is 5.56. The minimum Gasteiger partial charge on any atom is -0.489 e. The molecule has 3 aromatic carbocycles. The minimum absolute atomic E-state index is 0.123. The van der Waals surface area contributed by atoms with Gasteiger partial charge in [0, 0.05) is 37.3 Å². The predicted molar refractivity (Wildman–Crippen MR) is 182 cm³/mol. The molecule has 4 rings (SSSR count). The summed E-state index contributed by atoms with van der Waals surface area (Å²) in [4.78, 5) is 14.7. The van der Waals surface area contributed by atoms with Crippen LogP contribution in [0.15, 0.2) is 91.1 Å². The van der Waals surface area contributed by atoms with Crippen LogP contribution in [0.25, 0.3) is 10.9 Å². The number of hydrogen-bond acceptors (Lipinski definition) is 4. The zero-order valence-corrected chi connectivity index (χ0v) is 27.5. The highest BCUT2D eigenvalue weighted by molar-refractivity contribution is 14.1. The summed E-state index contributed by atoms with van der Waals surface area (Å²) in [6, 6.07) is 28.9. The molecule has 1 amide bonds. The van der Waals surface area contributed by atoms with Crippen LogP contribution >= 0.6 is 23.0 Å². The summed E-state index contributed by atoms with van der Waals surface area (Å²) in [6.45, 7) is 2.38. The van der Waals surface area contributed by atoms with E-state index in [0.717, 1.165) is 38.1 Å². The van der Waals surface area contributed by atoms with Crippen LogP contribution in [0.4, 0.5) is 0 Å². The maximum Gasteiger partial charge on any atom is 0.237 e. The second kappa shape index (κ2) is 19.3. The summed E-state index contributed by atoms with van der Waals surface area (Å²) >= 11 is 1.79. The molecule has 0 aliphatic heterocycles. The Balaban J connectivity index is 0.00000155. The smallest absolute Gasteiger partial charge is 0.237 e. The zero-order valence-electron chi connectivity index (χ0n) is 25.3. The SMILES string of the molecule is CN(C)C(Cc1ccccc1)C(=O)NCCCCCCCCn1ccc2cc(OCc3ccccc3)ccc21.COI. The first-order chi connectivity index (χ1) is 20.5. The summed E-state index contributed by atoms with van der Waals surface area (Å²) in [6.07, 6.45) is 9.97. The van der Waals surface area contributed by atoms with Crippen LogP contribution in [0.2, 0.25) is 0 Å². The Bertz CT molecular complexity index is 1290. The third-order valence-corrected chi connectivity index (χ3v) is 7.31. The Labute approximate surface area is 266 Å². The van der Waals surface area contributed by atoms with Crippen LogP contribution in [0, 0.1) is 0 Å². The molecule has 1 heterocycles. The van der Waals surface area contributed by atoms with Gasteiger partial charge in [0.25, 0.3) is 0 Å². The minimum atomic E-state index is -0.134. The van der Waals surface area contributed by atoms with Crippen LogP contribution in [0.1, 0.15) is 49.7 Å². The first-order valence-electron chi connectivity index (χ1n) is 14.9. The van der Waals surface area contributed by atoms with Gasteiger partial charge in [-0.1, -0.05) is 86.3 Å². The van der Waals surface area contributed by atoms with E-state index in [4.69, 9.17) is 4.74 Å². The number of benzene rings is 3. The molecular weight excluding hydrogens is 637 g/mol. The second-order valence-corrected chi connectivity index (χ2v) is 11.6. The largest absolute Gasteiger partial charge is 0.489 e. The molecule has 0 aliphatic rings.